The fraction of sp³-hybridized carbons (Fsp3) is 0.400. The van der Waals surface area contributed by atoms with E-state index in [0.29, 0.717) is 25.8 Å². The topological polar surface area (TPSA) is 45.6 Å². The monoisotopic (exact) mass is 393 g/mol. The molecule has 1 aromatic carbocycles. The Labute approximate surface area is 161 Å². The number of nitrogens with zero attached hydrogens (tertiary/aromatic N) is 3. The van der Waals surface area contributed by atoms with Crippen LogP contribution in [0.3, 0.4) is 0 Å². The molecule has 1 aromatic heterocycles. The minimum Gasteiger partial charge on any atom is -0.340 e. The summed E-state index contributed by atoms with van der Waals surface area (Å²) in [5.74, 6) is -0.344. The molecule has 0 radical (unpaired) electrons. The highest BCUT2D eigenvalue weighted by atomic mass is 19.4. The van der Waals surface area contributed by atoms with Crippen molar-refractivity contribution >= 4 is 5.91 Å². The number of pyridine rings is 1. The summed E-state index contributed by atoms with van der Waals surface area (Å²) in [6, 6.07) is 11.6. The van der Waals surface area contributed by atoms with Crippen molar-refractivity contribution in [2.24, 2.45) is 0 Å². The van der Waals surface area contributed by atoms with Crippen molar-refractivity contribution in [3.8, 4) is 0 Å². The minimum absolute atomic E-state index is 0.344. The highest BCUT2D eigenvalue weighted by Crippen LogP contribution is 2.28. The summed E-state index contributed by atoms with van der Waals surface area (Å²) in [5, 5.41) is 0. The number of hydrogen-bond acceptors (Lipinski definition) is 3. The Balaban J connectivity index is 1.62. The van der Waals surface area contributed by atoms with Gasteiger partial charge in [0.05, 0.1) is 5.56 Å². The lowest BCUT2D eigenvalue weighted by Crippen LogP contribution is -2.39. The van der Waals surface area contributed by atoms with E-state index in [-0.39, 0.29) is 12.5 Å². The molecule has 8 heteroatoms. The first-order valence-corrected chi connectivity index (χ1v) is 9.15. The molecule has 2 heterocycles. The quantitative estimate of drug-likeness (QED) is 0.802. The summed E-state index contributed by atoms with van der Waals surface area (Å²) in [6.07, 6.45) is -3.07. The second-order valence-electron chi connectivity index (χ2n) is 6.88. The number of halogens is 3. The molecule has 1 amide bonds. The van der Waals surface area contributed by atoms with Crippen LogP contribution in [-0.2, 0) is 24.1 Å². The Morgan fingerprint density at radius 2 is 1.71 bits per heavy atom. The van der Waals surface area contributed by atoms with E-state index in [9.17, 15) is 22.8 Å². The van der Waals surface area contributed by atoms with Crippen molar-refractivity contribution < 1.29 is 18.0 Å². The number of carbonyl (C=O) groups excluding carboxylic acids is 1. The van der Waals surface area contributed by atoms with Gasteiger partial charge in [0, 0.05) is 45.0 Å². The van der Waals surface area contributed by atoms with Gasteiger partial charge >= 0.3 is 6.18 Å². The minimum atomic E-state index is -4.56. The molecular weight excluding hydrogens is 371 g/mol. The van der Waals surface area contributed by atoms with Gasteiger partial charge in [-0.2, -0.15) is 13.2 Å². The smallest absolute Gasteiger partial charge is 0.340 e. The predicted octanol–water partition coefficient (Wildman–Crippen LogP) is 2.60. The fourth-order valence-corrected chi connectivity index (χ4v) is 3.29. The lowest BCUT2D eigenvalue weighted by Gasteiger charge is -2.22. The molecule has 0 spiro atoms. The standard InChI is InChI=1S/C20H22F3N3O2/c21-20(22,23)17-7-8-18(27)26(14-17)15-19(28)25-10-4-9-24(11-12-25)13-16-5-2-1-3-6-16/h1-3,5-8,14H,4,9-13,15H2. The normalized spacial score (nSPS) is 16.0. The molecule has 5 nitrogen and oxygen atoms in total. The Morgan fingerprint density at radius 1 is 0.964 bits per heavy atom. The maximum atomic E-state index is 12.9. The van der Waals surface area contributed by atoms with E-state index in [1.165, 1.54) is 5.56 Å². The SMILES string of the molecule is O=C(Cn1cc(C(F)(F)F)ccc1=O)N1CCCN(Cc2ccccc2)CC1. The van der Waals surface area contributed by atoms with Crippen molar-refractivity contribution in [1.29, 1.82) is 0 Å². The molecule has 1 saturated heterocycles. The second-order valence-corrected chi connectivity index (χ2v) is 6.88. The number of rotatable bonds is 4. The highest BCUT2D eigenvalue weighted by molar-refractivity contribution is 5.76. The van der Waals surface area contributed by atoms with Gasteiger partial charge in [0.15, 0.2) is 0 Å². The van der Waals surface area contributed by atoms with Gasteiger partial charge in [-0.15, -0.1) is 0 Å². The number of aromatic nitrogens is 1. The van der Waals surface area contributed by atoms with Crippen LogP contribution in [-0.4, -0.2) is 46.5 Å². The molecule has 0 saturated carbocycles. The third-order valence-electron chi connectivity index (χ3n) is 4.81. The lowest BCUT2D eigenvalue weighted by atomic mass is 10.2. The second kappa shape index (κ2) is 8.60. The summed E-state index contributed by atoms with van der Waals surface area (Å²) >= 11 is 0. The number of carbonyl (C=O) groups is 1. The van der Waals surface area contributed by atoms with Crippen molar-refractivity contribution in [3.05, 3.63) is 70.1 Å². The summed E-state index contributed by atoms with van der Waals surface area (Å²) < 4.78 is 39.4. The summed E-state index contributed by atoms with van der Waals surface area (Å²) in [5.41, 5.74) is -0.371. The summed E-state index contributed by atoms with van der Waals surface area (Å²) in [4.78, 5) is 28.3. The molecule has 0 N–H and O–H groups in total. The maximum Gasteiger partial charge on any atom is 0.417 e. The van der Waals surface area contributed by atoms with Gasteiger partial charge in [0.2, 0.25) is 5.91 Å². The molecule has 1 aliphatic rings. The largest absolute Gasteiger partial charge is 0.417 e. The van der Waals surface area contributed by atoms with Crippen molar-refractivity contribution in [1.82, 2.24) is 14.4 Å². The van der Waals surface area contributed by atoms with Crippen LogP contribution in [0.5, 0.6) is 0 Å². The van der Waals surface area contributed by atoms with Crippen LogP contribution < -0.4 is 5.56 Å². The number of benzene rings is 1. The Bertz CT molecular complexity index is 865. The van der Waals surface area contributed by atoms with Gasteiger partial charge in [-0.1, -0.05) is 30.3 Å². The van der Waals surface area contributed by atoms with Crippen LogP contribution in [0.25, 0.3) is 0 Å². The van der Waals surface area contributed by atoms with E-state index in [1.807, 2.05) is 30.3 Å². The first-order valence-electron chi connectivity index (χ1n) is 9.15. The maximum absolute atomic E-state index is 12.9. The zero-order valence-electron chi connectivity index (χ0n) is 15.4. The summed E-state index contributed by atoms with van der Waals surface area (Å²) in [7, 11) is 0. The Kier molecular flexibility index (Phi) is 6.18. The van der Waals surface area contributed by atoms with E-state index in [1.54, 1.807) is 4.90 Å². The van der Waals surface area contributed by atoms with E-state index in [4.69, 9.17) is 0 Å². The average Bonchev–Trinajstić information content (AvgIpc) is 2.89. The molecule has 2 aromatic rings. The number of hydrogen-bond donors (Lipinski definition) is 0. The highest BCUT2D eigenvalue weighted by Gasteiger charge is 2.31. The van der Waals surface area contributed by atoms with Crippen LogP contribution >= 0.6 is 0 Å². The van der Waals surface area contributed by atoms with Gasteiger partial charge in [0.1, 0.15) is 6.54 Å². The van der Waals surface area contributed by atoms with Gasteiger partial charge in [-0.05, 0) is 18.1 Å². The molecule has 1 aliphatic heterocycles. The van der Waals surface area contributed by atoms with Crippen LogP contribution in [0.2, 0.25) is 0 Å². The first-order chi connectivity index (χ1) is 13.3. The van der Waals surface area contributed by atoms with E-state index in [0.717, 1.165) is 36.2 Å². The third-order valence-corrected chi connectivity index (χ3v) is 4.81. The van der Waals surface area contributed by atoms with Crippen molar-refractivity contribution in [2.75, 3.05) is 26.2 Å². The zero-order valence-corrected chi connectivity index (χ0v) is 15.4. The Hall–Kier alpha value is -2.61. The lowest BCUT2D eigenvalue weighted by molar-refractivity contribution is -0.138. The van der Waals surface area contributed by atoms with Crippen LogP contribution in [0.15, 0.2) is 53.5 Å². The van der Waals surface area contributed by atoms with Crippen LogP contribution in [0.4, 0.5) is 13.2 Å². The molecular formula is C20H22F3N3O2. The van der Waals surface area contributed by atoms with Crippen LogP contribution in [0.1, 0.15) is 17.5 Å². The number of amides is 1. The molecule has 28 heavy (non-hydrogen) atoms. The van der Waals surface area contributed by atoms with Crippen molar-refractivity contribution in [2.45, 2.75) is 25.7 Å². The van der Waals surface area contributed by atoms with Crippen LogP contribution in [0, 0.1) is 0 Å². The predicted molar refractivity (Wildman–Crippen MR) is 98.6 cm³/mol. The van der Waals surface area contributed by atoms with Gasteiger partial charge in [-0.25, -0.2) is 0 Å². The molecule has 0 aliphatic carbocycles. The summed E-state index contributed by atoms with van der Waals surface area (Å²) in [6.45, 7) is 2.93. The molecule has 0 unspecified atom stereocenters. The van der Waals surface area contributed by atoms with Gasteiger partial charge in [-0.3, -0.25) is 14.5 Å². The molecule has 150 valence electrons. The van der Waals surface area contributed by atoms with E-state index in [2.05, 4.69) is 4.90 Å². The van der Waals surface area contributed by atoms with Gasteiger partial charge < -0.3 is 9.47 Å². The van der Waals surface area contributed by atoms with Crippen molar-refractivity contribution in [3.63, 3.8) is 0 Å². The zero-order chi connectivity index (χ0) is 20.1. The fourth-order valence-electron chi connectivity index (χ4n) is 3.29. The van der Waals surface area contributed by atoms with E-state index < -0.39 is 17.3 Å². The molecule has 1 fully saturated rings. The first kappa shape index (κ1) is 20.1. The molecule has 3 rings (SSSR count). The number of alkyl halides is 3. The Morgan fingerprint density at radius 3 is 2.43 bits per heavy atom. The van der Waals surface area contributed by atoms with Gasteiger partial charge in [0.25, 0.3) is 5.56 Å². The average molecular weight is 393 g/mol. The van der Waals surface area contributed by atoms with E-state index >= 15 is 0 Å². The third kappa shape index (κ3) is 5.22. The molecule has 0 bridgehead atoms. The molecule has 0 atom stereocenters.